The summed E-state index contributed by atoms with van der Waals surface area (Å²) >= 11 is 7.81. The first-order valence-electron chi connectivity index (χ1n) is 10.5. The molecule has 0 saturated carbocycles. The van der Waals surface area contributed by atoms with Crippen LogP contribution >= 0.6 is 23.4 Å². The molecule has 1 atom stereocenters. The second-order valence-electron chi connectivity index (χ2n) is 7.73. The molecule has 29 heavy (non-hydrogen) atoms. The van der Waals surface area contributed by atoms with Crippen molar-refractivity contribution in [1.82, 2.24) is 0 Å². The quantitative estimate of drug-likeness (QED) is 0.193. The maximum atomic E-state index is 8.98. The van der Waals surface area contributed by atoms with Gasteiger partial charge in [0.05, 0.1) is 6.61 Å². The number of halogens is 1. The molecular formula is C26H37ClOS. The molecule has 0 fully saturated rings. The van der Waals surface area contributed by atoms with Crippen LogP contribution in [0.1, 0.15) is 59.8 Å². The van der Waals surface area contributed by atoms with E-state index in [1.54, 1.807) is 0 Å². The summed E-state index contributed by atoms with van der Waals surface area (Å²) in [4.78, 5) is 1.31. The van der Waals surface area contributed by atoms with Crippen LogP contribution in [-0.2, 0) is 0 Å². The average Bonchev–Trinajstić information content (AvgIpc) is 2.68. The summed E-state index contributed by atoms with van der Waals surface area (Å²) in [6, 6.07) is 10.7. The van der Waals surface area contributed by atoms with Crippen LogP contribution in [0, 0.1) is 0 Å². The van der Waals surface area contributed by atoms with Gasteiger partial charge in [-0.15, -0.1) is 23.4 Å². The van der Waals surface area contributed by atoms with E-state index in [0.717, 1.165) is 32.1 Å². The summed E-state index contributed by atoms with van der Waals surface area (Å²) in [5, 5.41) is 9.41. The van der Waals surface area contributed by atoms with Gasteiger partial charge in [-0.25, -0.2) is 0 Å². The molecule has 0 aromatic heterocycles. The summed E-state index contributed by atoms with van der Waals surface area (Å²) in [6.07, 6.45) is 14.1. The SMILES string of the molecule is CC(=CCCC(C)=CC(CC(C)=CCCC(C)=CCO)Sc1ccccc1)CCl. The van der Waals surface area contributed by atoms with Gasteiger partial charge in [0, 0.05) is 16.0 Å². The predicted molar refractivity (Wildman–Crippen MR) is 132 cm³/mol. The van der Waals surface area contributed by atoms with Crippen LogP contribution in [0.25, 0.3) is 0 Å². The highest BCUT2D eigenvalue weighted by Crippen LogP contribution is 2.30. The number of hydrogen-bond donors (Lipinski definition) is 1. The first-order valence-corrected chi connectivity index (χ1v) is 11.9. The molecule has 0 aliphatic carbocycles. The van der Waals surface area contributed by atoms with Crippen molar-refractivity contribution < 1.29 is 5.11 Å². The van der Waals surface area contributed by atoms with Crippen molar-refractivity contribution in [2.45, 2.75) is 69.9 Å². The van der Waals surface area contributed by atoms with Gasteiger partial charge in [-0.1, -0.05) is 64.8 Å². The molecule has 1 aromatic carbocycles. The summed E-state index contributed by atoms with van der Waals surface area (Å²) in [6.45, 7) is 8.78. The van der Waals surface area contributed by atoms with Gasteiger partial charge in [-0.05, 0) is 71.9 Å². The van der Waals surface area contributed by atoms with Crippen LogP contribution in [-0.4, -0.2) is 22.8 Å². The lowest BCUT2D eigenvalue weighted by Crippen LogP contribution is -2.01. The molecule has 0 aliphatic heterocycles. The Balaban J connectivity index is 2.77. The van der Waals surface area contributed by atoms with Crippen molar-refractivity contribution in [3.63, 3.8) is 0 Å². The molecule has 0 aliphatic rings. The maximum absolute atomic E-state index is 8.98. The second kappa shape index (κ2) is 15.6. The van der Waals surface area contributed by atoms with Crippen LogP contribution < -0.4 is 0 Å². The fourth-order valence-electron chi connectivity index (χ4n) is 3.01. The molecule has 0 heterocycles. The fourth-order valence-corrected chi connectivity index (χ4v) is 4.43. The van der Waals surface area contributed by atoms with E-state index in [1.807, 2.05) is 17.8 Å². The van der Waals surface area contributed by atoms with Gasteiger partial charge < -0.3 is 5.11 Å². The zero-order valence-electron chi connectivity index (χ0n) is 18.5. The number of aliphatic hydroxyl groups is 1. The fraction of sp³-hybridized carbons (Fsp3) is 0.462. The lowest BCUT2D eigenvalue weighted by atomic mass is 10.0. The van der Waals surface area contributed by atoms with Crippen LogP contribution in [0.3, 0.4) is 0 Å². The molecule has 1 N–H and O–H groups in total. The van der Waals surface area contributed by atoms with E-state index in [2.05, 4.69) is 76.3 Å². The third kappa shape index (κ3) is 12.8. The van der Waals surface area contributed by atoms with Crippen molar-refractivity contribution in [1.29, 1.82) is 0 Å². The Bertz CT molecular complexity index is 701. The van der Waals surface area contributed by atoms with Crippen LogP contribution in [0.5, 0.6) is 0 Å². The number of aliphatic hydroxyl groups excluding tert-OH is 1. The second-order valence-corrected chi connectivity index (χ2v) is 9.31. The van der Waals surface area contributed by atoms with Crippen LogP contribution in [0.4, 0.5) is 0 Å². The van der Waals surface area contributed by atoms with Crippen LogP contribution in [0.2, 0.25) is 0 Å². The lowest BCUT2D eigenvalue weighted by Gasteiger charge is -2.15. The Morgan fingerprint density at radius 1 is 0.897 bits per heavy atom. The topological polar surface area (TPSA) is 20.2 Å². The highest BCUT2D eigenvalue weighted by atomic mass is 35.5. The first-order chi connectivity index (χ1) is 13.9. The Hall–Kier alpha value is -1.22. The minimum Gasteiger partial charge on any atom is -0.392 e. The molecule has 0 radical (unpaired) electrons. The van der Waals surface area contributed by atoms with E-state index in [0.29, 0.717) is 11.1 Å². The summed E-state index contributed by atoms with van der Waals surface area (Å²) in [7, 11) is 0. The summed E-state index contributed by atoms with van der Waals surface area (Å²) < 4.78 is 0. The highest BCUT2D eigenvalue weighted by molar-refractivity contribution is 8.00. The van der Waals surface area contributed by atoms with Crippen molar-refractivity contribution >= 4 is 23.4 Å². The molecule has 0 spiro atoms. The Labute approximate surface area is 187 Å². The van der Waals surface area contributed by atoms with Crippen molar-refractivity contribution in [2.24, 2.45) is 0 Å². The van der Waals surface area contributed by atoms with E-state index in [9.17, 15) is 0 Å². The standard InChI is InChI=1S/C26H37ClOS/c1-21(16-17-28)10-8-11-22(2)18-26(29-25-14-6-5-7-15-25)19-23(3)12-9-13-24(4)20-27/h5-7,11,13-16,19,26,28H,8-10,12,17-18,20H2,1-4H3. The van der Waals surface area contributed by atoms with E-state index in [1.165, 1.54) is 27.2 Å². The molecule has 0 saturated heterocycles. The van der Waals surface area contributed by atoms with Gasteiger partial charge in [0.2, 0.25) is 0 Å². The number of benzene rings is 1. The van der Waals surface area contributed by atoms with Crippen molar-refractivity contribution in [3.05, 3.63) is 76.9 Å². The van der Waals surface area contributed by atoms with E-state index >= 15 is 0 Å². The molecule has 1 nitrogen and oxygen atoms in total. The van der Waals surface area contributed by atoms with Crippen LogP contribution in [0.15, 0.2) is 81.8 Å². The van der Waals surface area contributed by atoms with E-state index in [4.69, 9.17) is 16.7 Å². The van der Waals surface area contributed by atoms with E-state index < -0.39 is 0 Å². The molecule has 0 amide bonds. The van der Waals surface area contributed by atoms with Crippen molar-refractivity contribution in [2.75, 3.05) is 12.5 Å². The monoisotopic (exact) mass is 432 g/mol. The highest BCUT2D eigenvalue weighted by Gasteiger charge is 2.09. The first kappa shape index (κ1) is 25.8. The maximum Gasteiger partial charge on any atom is 0.0614 e. The Morgan fingerprint density at radius 2 is 1.52 bits per heavy atom. The summed E-state index contributed by atoms with van der Waals surface area (Å²) in [5.41, 5.74) is 5.37. The van der Waals surface area contributed by atoms with Gasteiger partial charge in [0.1, 0.15) is 0 Å². The van der Waals surface area contributed by atoms with Gasteiger partial charge in [-0.3, -0.25) is 0 Å². The zero-order chi connectivity index (χ0) is 21.5. The van der Waals surface area contributed by atoms with Crippen molar-refractivity contribution in [3.8, 4) is 0 Å². The van der Waals surface area contributed by atoms with E-state index in [-0.39, 0.29) is 6.61 Å². The smallest absolute Gasteiger partial charge is 0.0614 e. The number of hydrogen-bond acceptors (Lipinski definition) is 2. The minimum atomic E-state index is 0.133. The third-order valence-corrected chi connectivity index (χ3v) is 6.31. The third-order valence-electron chi connectivity index (χ3n) is 4.74. The molecule has 1 rings (SSSR count). The molecule has 0 bridgehead atoms. The van der Waals surface area contributed by atoms with Gasteiger partial charge >= 0.3 is 0 Å². The van der Waals surface area contributed by atoms with Gasteiger partial charge in [0.25, 0.3) is 0 Å². The van der Waals surface area contributed by atoms with Gasteiger partial charge in [0.15, 0.2) is 0 Å². The number of thioether (sulfide) groups is 1. The molecular weight excluding hydrogens is 396 g/mol. The molecule has 1 aromatic rings. The number of rotatable bonds is 13. The predicted octanol–water partition coefficient (Wildman–Crippen LogP) is 8.11. The minimum absolute atomic E-state index is 0.133. The average molecular weight is 433 g/mol. The Morgan fingerprint density at radius 3 is 2.14 bits per heavy atom. The van der Waals surface area contributed by atoms with Gasteiger partial charge in [-0.2, -0.15) is 0 Å². The molecule has 3 heteroatoms. The molecule has 1 unspecified atom stereocenters. The number of allylic oxidation sites excluding steroid dienone is 6. The zero-order valence-corrected chi connectivity index (χ0v) is 20.0. The molecule has 160 valence electrons. The number of alkyl halides is 1. The summed E-state index contributed by atoms with van der Waals surface area (Å²) in [5.74, 6) is 0.617. The lowest BCUT2D eigenvalue weighted by molar-refractivity contribution is 0.341. The largest absolute Gasteiger partial charge is 0.392 e. The normalized spacial score (nSPS) is 15.0. The Kier molecular flexibility index (Phi) is 13.9.